The van der Waals surface area contributed by atoms with Crippen molar-refractivity contribution in [1.29, 1.82) is 0 Å². The molecule has 0 fully saturated rings. The number of esters is 1. The molecule has 3 rings (SSSR count). The van der Waals surface area contributed by atoms with Crippen LogP contribution in [0.5, 0.6) is 0 Å². The summed E-state index contributed by atoms with van der Waals surface area (Å²) in [5.74, 6) is -1.05. The van der Waals surface area contributed by atoms with E-state index in [4.69, 9.17) is 39.5 Å². The Morgan fingerprint density at radius 3 is 2.45 bits per heavy atom. The zero-order chi connectivity index (χ0) is 20.8. The first kappa shape index (κ1) is 21.2. The van der Waals surface area contributed by atoms with Crippen LogP contribution in [-0.4, -0.2) is 28.3 Å². The van der Waals surface area contributed by atoms with Crippen molar-refractivity contribution in [2.24, 2.45) is 0 Å². The molecule has 0 saturated heterocycles. The first-order chi connectivity index (χ1) is 13.9. The molecule has 0 unspecified atom stereocenters. The van der Waals surface area contributed by atoms with Gasteiger partial charge >= 0.3 is 5.97 Å². The van der Waals surface area contributed by atoms with Crippen LogP contribution in [0.2, 0.25) is 15.1 Å². The minimum Gasteiger partial charge on any atom is -0.456 e. The van der Waals surface area contributed by atoms with Gasteiger partial charge in [-0.1, -0.05) is 53.0 Å². The molecule has 9 heteroatoms. The SMILES string of the molecule is O=C(COC(=O)CCc1cnn(-c2ccccc2)c1)Nc1c(Cl)cc(Cl)cc1Cl. The lowest BCUT2D eigenvalue weighted by Crippen LogP contribution is -2.21. The first-order valence-corrected chi connectivity index (χ1v) is 9.75. The fraction of sp³-hybridized carbons (Fsp3) is 0.150. The van der Waals surface area contributed by atoms with E-state index >= 15 is 0 Å². The van der Waals surface area contributed by atoms with Crippen molar-refractivity contribution < 1.29 is 14.3 Å². The van der Waals surface area contributed by atoms with E-state index < -0.39 is 18.5 Å². The topological polar surface area (TPSA) is 73.2 Å². The summed E-state index contributed by atoms with van der Waals surface area (Å²) < 4.78 is 6.73. The quantitative estimate of drug-likeness (QED) is 0.515. The number of aromatic nitrogens is 2. The molecule has 0 bridgehead atoms. The summed E-state index contributed by atoms with van der Waals surface area (Å²) in [6.45, 7) is -0.447. The van der Waals surface area contributed by atoms with Gasteiger partial charge in [-0.2, -0.15) is 5.10 Å². The maximum atomic E-state index is 12.0. The first-order valence-electron chi connectivity index (χ1n) is 8.61. The second kappa shape index (κ2) is 9.78. The molecule has 0 atom stereocenters. The van der Waals surface area contributed by atoms with E-state index in [9.17, 15) is 9.59 Å². The lowest BCUT2D eigenvalue weighted by atomic mass is 10.2. The standard InChI is InChI=1S/C20H16Cl3N3O3/c21-14-8-16(22)20(17(23)9-14)25-18(27)12-29-19(28)7-6-13-10-24-26(11-13)15-4-2-1-3-5-15/h1-5,8-11H,6-7,12H2,(H,25,27). The second-order valence-corrected chi connectivity index (χ2v) is 7.33. The summed E-state index contributed by atoms with van der Waals surface area (Å²) >= 11 is 17.8. The van der Waals surface area contributed by atoms with Crippen molar-refractivity contribution in [1.82, 2.24) is 9.78 Å². The number of amides is 1. The number of anilines is 1. The van der Waals surface area contributed by atoms with E-state index in [1.807, 2.05) is 36.5 Å². The summed E-state index contributed by atoms with van der Waals surface area (Å²) in [6.07, 6.45) is 4.11. The van der Waals surface area contributed by atoms with Crippen LogP contribution in [0.1, 0.15) is 12.0 Å². The van der Waals surface area contributed by atoms with E-state index in [0.29, 0.717) is 11.4 Å². The molecule has 150 valence electrons. The number of ether oxygens (including phenoxy) is 1. The van der Waals surface area contributed by atoms with Crippen molar-refractivity contribution >= 4 is 52.4 Å². The highest BCUT2D eigenvalue weighted by atomic mass is 35.5. The highest BCUT2D eigenvalue weighted by Gasteiger charge is 2.13. The summed E-state index contributed by atoms with van der Waals surface area (Å²) in [5.41, 5.74) is 2.03. The number of benzene rings is 2. The molecule has 0 spiro atoms. The minimum atomic E-state index is -0.554. The van der Waals surface area contributed by atoms with Crippen LogP contribution in [-0.2, 0) is 20.7 Å². The molecule has 1 N–H and O–H groups in total. The number of hydrogen-bond acceptors (Lipinski definition) is 4. The molecule has 29 heavy (non-hydrogen) atoms. The summed E-state index contributed by atoms with van der Waals surface area (Å²) in [7, 11) is 0. The molecule has 3 aromatic rings. The average Bonchev–Trinajstić information content (AvgIpc) is 3.17. The van der Waals surface area contributed by atoms with Gasteiger partial charge in [0.1, 0.15) is 0 Å². The van der Waals surface area contributed by atoms with Gasteiger partial charge in [-0.25, -0.2) is 4.68 Å². The Hall–Kier alpha value is -2.54. The van der Waals surface area contributed by atoms with Crippen LogP contribution in [0, 0.1) is 0 Å². The van der Waals surface area contributed by atoms with Gasteiger partial charge in [-0.3, -0.25) is 9.59 Å². The summed E-state index contributed by atoms with van der Waals surface area (Å²) in [4.78, 5) is 23.9. The van der Waals surface area contributed by atoms with Crippen LogP contribution >= 0.6 is 34.8 Å². The maximum absolute atomic E-state index is 12.0. The molecule has 1 aromatic heterocycles. The highest BCUT2D eigenvalue weighted by molar-refractivity contribution is 6.42. The zero-order valence-corrected chi connectivity index (χ0v) is 17.3. The highest BCUT2D eigenvalue weighted by Crippen LogP contribution is 2.33. The Kier molecular flexibility index (Phi) is 7.14. The molecule has 6 nitrogen and oxygen atoms in total. The van der Waals surface area contributed by atoms with Gasteiger partial charge in [0.25, 0.3) is 5.91 Å². The minimum absolute atomic E-state index is 0.121. The predicted molar refractivity (Wildman–Crippen MR) is 113 cm³/mol. The third-order valence-corrected chi connectivity index (χ3v) is 4.72. The summed E-state index contributed by atoms with van der Waals surface area (Å²) in [6, 6.07) is 12.5. The maximum Gasteiger partial charge on any atom is 0.306 e. The smallest absolute Gasteiger partial charge is 0.306 e. The largest absolute Gasteiger partial charge is 0.456 e. The molecule has 0 radical (unpaired) electrons. The van der Waals surface area contributed by atoms with Crippen LogP contribution in [0.3, 0.4) is 0 Å². The Balaban J connectivity index is 1.46. The van der Waals surface area contributed by atoms with E-state index in [1.165, 1.54) is 12.1 Å². The van der Waals surface area contributed by atoms with Crippen LogP contribution < -0.4 is 5.32 Å². The third kappa shape index (κ3) is 5.97. The number of hydrogen-bond donors (Lipinski definition) is 1. The van der Waals surface area contributed by atoms with Crippen molar-refractivity contribution in [3.8, 4) is 5.69 Å². The number of halogens is 3. The van der Waals surface area contributed by atoms with Crippen molar-refractivity contribution in [2.45, 2.75) is 12.8 Å². The lowest BCUT2D eigenvalue weighted by Gasteiger charge is -2.10. The molecule has 1 amide bonds. The van der Waals surface area contributed by atoms with E-state index in [2.05, 4.69) is 10.4 Å². The van der Waals surface area contributed by atoms with Crippen molar-refractivity contribution in [3.05, 3.63) is 75.5 Å². The van der Waals surface area contributed by atoms with Crippen LogP contribution in [0.4, 0.5) is 5.69 Å². The monoisotopic (exact) mass is 451 g/mol. The Bertz CT molecular complexity index is 999. The number of para-hydroxylation sites is 1. The zero-order valence-electron chi connectivity index (χ0n) is 15.1. The average molecular weight is 453 g/mol. The van der Waals surface area contributed by atoms with E-state index in [-0.39, 0.29) is 22.2 Å². The molecule has 0 aliphatic rings. The Morgan fingerprint density at radius 2 is 1.76 bits per heavy atom. The van der Waals surface area contributed by atoms with Crippen LogP contribution in [0.25, 0.3) is 5.69 Å². The number of nitrogens with zero attached hydrogens (tertiary/aromatic N) is 2. The summed E-state index contributed by atoms with van der Waals surface area (Å²) in [5, 5.41) is 7.51. The van der Waals surface area contributed by atoms with Gasteiger partial charge in [-0.05, 0) is 36.2 Å². The van der Waals surface area contributed by atoms with E-state index in [1.54, 1.807) is 10.9 Å². The van der Waals surface area contributed by atoms with Crippen molar-refractivity contribution in [2.75, 3.05) is 11.9 Å². The number of rotatable bonds is 7. The molecular formula is C20H16Cl3N3O3. The molecule has 0 aliphatic heterocycles. The fourth-order valence-electron chi connectivity index (χ4n) is 2.51. The molecule has 0 aliphatic carbocycles. The number of aryl methyl sites for hydroxylation is 1. The molecule has 2 aromatic carbocycles. The van der Waals surface area contributed by atoms with Gasteiger partial charge in [0, 0.05) is 17.6 Å². The van der Waals surface area contributed by atoms with E-state index in [0.717, 1.165) is 11.3 Å². The van der Waals surface area contributed by atoms with Crippen LogP contribution in [0.15, 0.2) is 54.9 Å². The van der Waals surface area contributed by atoms with Gasteiger partial charge in [0.15, 0.2) is 6.61 Å². The molecule has 0 saturated carbocycles. The predicted octanol–water partition coefficient (Wildman–Crippen LogP) is 4.95. The third-order valence-electron chi connectivity index (χ3n) is 3.91. The second-order valence-electron chi connectivity index (χ2n) is 6.08. The number of carbonyl (C=O) groups is 2. The lowest BCUT2D eigenvalue weighted by molar-refractivity contribution is -0.147. The number of nitrogens with one attached hydrogen (secondary N) is 1. The fourth-order valence-corrected chi connectivity index (χ4v) is 3.42. The van der Waals surface area contributed by atoms with Gasteiger partial charge in [0.2, 0.25) is 0 Å². The van der Waals surface area contributed by atoms with Gasteiger partial charge in [-0.15, -0.1) is 0 Å². The van der Waals surface area contributed by atoms with Gasteiger partial charge in [0.05, 0.1) is 27.6 Å². The molecule has 1 heterocycles. The normalized spacial score (nSPS) is 10.6. The Labute approximate surface area is 182 Å². The van der Waals surface area contributed by atoms with Crippen molar-refractivity contribution in [3.63, 3.8) is 0 Å². The van der Waals surface area contributed by atoms with Gasteiger partial charge < -0.3 is 10.1 Å². The molecular weight excluding hydrogens is 437 g/mol. The number of carbonyl (C=O) groups excluding carboxylic acids is 2. The Morgan fingerprint density at radius 1 is 1.07 bits per heavy atom.